The van der Waals surface area contributed by atoms with E-state index < -0.39 is 22.8 Å². The number of alkyl halides is 3. The first-order chi connectivity index (χ1) is 5.91. The quantitative estimate of drug-likeness (QED) is 0.484. The van der Waals surface area contributed by atoms with E-state index in [0.717, 1.165) is 6.07 Å². The molecule has 0 aliphatic heterocycles. The third-order valence-electron chi connectivity index (χ3n) is 1.24. The van der Waals surface area contributed by atoms with E-state index in [0.29, 0.717) is 12.3 Å². The molecule has 1 aromatic heterocycles. The maximum absolute atomic E-state index is 11.9. The summed E-state index contributed by atoms with van der Waals surface area (Å²) in [5.41, 5.74) is -0.943. The van der Waals surface area contributed by atoms with Gasteiger partial charge in [-0.2, -0.15) is 13.2 Å². The Bertz CT molecular complexity index is 327. The van der Waals surface area contributed by atoms with Crippen molar-refractivity contribution in [2.45, 2.75) is 11.2 Å². The van der Waals surface area contributed by atoms with Crippen LogP contribution in [0.1, 0.15) is 5.56 Å². The zero-order chi connectivity index (χ0) is 10.1. The summed E-state index contributed by atoms with van der Waals surface area (Å²) >= 11 is -2.34. The van der Waals surface area contributed by atoms with E-state index in [4.69, 9.17) is 4.55 Å². The average Bonchev–Trinajstić information content (AvgIpc) is 2.03. The molecule has 0 aliphatic rings. The number of nitrogens with zero attached hydrogens (tertiary/aromatic N) is 1. The summed E-state index contributed by atoms with van der Waals surface area (Å²) in [5.74, 6) is 0. The van der Waals surface area contributed by atoms with Crippen LogP contribution in [0, 0.1) is 0 Å². The molecule has 14 heavy (non-hydrogen) atoms. The SMILES string of the molecule is O=S(O)c1ccc(C(F)(F)F)cn1.[Na+]. The fourth-order valence-corrected chi connectivity index (χ4v) is 0.979. The Hall–Kier alpha value is 0.0500. The van der Waals surface area contributed by atoms with Crippen molar-refractivity contribution in [2.24, 2.45) is 0 Å². The van der Waals surface area contributed by atoms with Crippen LogP contribution in [0.5, 0.6) is 0 Å². The summed E-state index contributed by atoms with van der Waals surface area (Å²) < 4.78 is 54.6. The molecule has 0 saturated heterocycles. The zero-order valence-electron chi connectivity index (χ0n) is 7.08. The molecule has 0 fully saturated rings. The number of aromatic nitrogens is 1. The first kappa shape index (κ1) is 14.1. The molecule has 0 radical (unpaired) electrons. The van der Waals surface area contributed by atoms with E-state index >= 15 is 0 Å². The second-order valence-electron chi connectivity index (χ2n) is 2.13. The molecular weight excluding hydrogens is 230 g/mol. The zero-order valence-corrected chi connectivity index (χ0v) is 9.89. The normalized spacial score (nSPS) is 13.1. The van der Waals surface area contributed by atoms with E-state index in [1.807, 2.05) is 0 Å². The van der Waals surface area contributed by atoms with Gasteiger partial charge in [-0.1, -0.05) is 0 Å². The Balaban J connectivity index is 0.00000169. The number of hydrogen-bond acceptors (Lipinski definition) is 2. The van der Waals surface area contributed by atoms with Crippen molar-refractivity contribution in [1.82, 2.24) is 4.98 Å². The van der Waals surface area contributed by atoms with E-state index in [1.54, 1.807) is 0 Å². The van der Waals surface area contributed by atoms with Crippen LogP contribution >= 0.6 is 0 Å². The molecule has 0 saturated carbocycles. The van der Waals surface area contributed by atoms with Gasteiger partial charge >= 0.3 is 35.7 Å². The van der Waals surface area contributed by atoms with Crippen LogP contribution in [0.4, 0.5) is 13.2 Å². The fourth-order valence-electron chi connectivity index (χ4n) is 0.651. The molecule has 1 N–H and O–H groups in total. The van der Waals surface area contributed by atoms with Crippen molar-refractivity contribution < 1.29 is 51.5 Å². The maximum Gasteiger partial charge on any atom is 1.00 e. The minimum Gasteiger partial charge on any atom is -0.301 e. The van der Waals surface area contributed by atoms with Crippen LogP contribution in [-0.2, 0) is 17.3 Å². The van der Waals surface area contributed by atoms with Gasteiger partial charge in [0.1, 0.15) is 0 Å². The number of halogens is 3. The van der Waals surface area contributed by atoms with Gasteiger partial charge in [0, 0.05) is 6.20 Å². The maximum atomic E-state index is 11.9. The average molecular weight is 234 g/mol. The molecule has 0 amide bonds. The predicted molar refractivity (Wildman–Crippen MR) is 38.3 cm³/mol. The predicted octanol–water partition coefficient (Wildman–Crippen LogP) is -1.31. The molecule has 1 rings (SSSR count). The second kappa shape index (κ2) is 5.22. The summed E-state index contributed by atoms with van der Waals surface area (Å²) in [5, 5.41) is -0.298. The molecule has 72 valence electrons. The van der Waals surface area contributed by atoms with E-state index in [2.05, 4.69) is 4.98 Å². The molecule has 8 heteroatoms. The minimum absolute atomic E-state index is 0. The van der Waals surface area contributed by atoms with E-state index in [-0.39, 0.29) is 34.6 Å². The van der Waals surface area contributed by atoms with Crippen LogP contribution in [0.15, 0.2) is 23.4 Å². The largest absolute Gasteiger partial charge is 1.00 e. The minimum atomic E-state index is -4.47. The third-order valence-corrected chi connectivity index (χ3v) is 1.84. The topological polar surface area (TPSA) is 50.2 Å². The summed E-state index contributed by atoms with van der Waals surface area (Å²) in [6.45, 7) is 0. The molecule has 0 aliphatic carbocycles. The Kier molecular flexibility index (Phi) is 5.24. The Morgan fingerprint density at radius 1 is 1.36 bits per heavy atom. The molecular formula is C6H4F3NNaO2S+. The Morgan fingerprint density at radius 3 is 2.21 bits per heavy atom. The summed E-state index contributed by atoms with van der Waals surface area (Å²) in [7, 11) is 0. The van der Waals surface area contributed by atoms with Gasteiger partial charge in [0.25, 0.3) is 0 Å². The molecule has 1 unspecified atom stereocenters. The number of pyridine rings is 1. The fraction of sp³-hybridized carbons (Fsp3) is 0.167. The molecule has 1 atom stereocenters. The first-order valence-corrected chi connectivity index (χ1v) is 4.16. The van der Waals surface area contributed by atoms with Crippen molar-refractivity contribution in [1.29, 1.82) is 0 Å². The van der Waals surface area contributed by atoms with E-state index in [1.165, 1.54) is 0 Å². The van der Waals surface area contributed by atoms with Crippen LogP contribution in [0.2, 0.25) is 0 Å². The van der Waals surface area contributed by atoms with Gasteiger partial charge in [-0.25, -0.2) is 9.19 Å². The second-order valence-corrected chi connectivity index (χ2v) is 3.05. The third kappa shape index (κ3) is 3.66. The van der Waals surface area contributed by atoms with Crippen molar-refractivity contribution in [3.05, 3.63) is 23.9 Å². The Labute approximate surface area is 102 Å². The molecule has 1 heterocycles. The van der Waals surface area contributed by atoms with Gasteiger partial charge in [0.05, 0.1) is 5.56 Å². The smallest absolute Gasteiger partial charge is 0.301 e. The van der Waals surface area contributed by atoms with Crippen molar-refractivity contribution in [3.63, 3.8) is 0 Å². The van der Waals surface area contributed by atoms with Crippen LogP contribution in [-0.4, -0.2) is 13.7 Å². The van der Waals surface area contributed by atoms with Crippen molar-refractivity contribution in [2.75, 3.05) is 0 Å². The summed E-state index contributed by atoms with van der Waals surface area (Å²) in [6, 6.07) is 1.56. The van der Waals surface area contributed by atoms with Gasteiger partial charge in [-0.3, -0.25) is 0 Å². The van der Waals surface area contributed by atoms with Gasteiger partial charge in [-0.15, -0.1) is 0 Å². The van der Waals surface area contributed by atoms with Crippen LogP contribution in [0.25, 0.3) is 0 Å². The van der Waals surface area contributed by atoms with Crippen molar-refractivity contribution in [3.8, 4) is 0 Å². The standard InChI is InChI=1S/C6H4F3NO2S.Na/c7-6(8,9)4-1-2-5(10-3-4)13(11)12;/h1-3H,(H,11,12);/q;+1. The summed E-state index contributed by atoms with van der Waals surface area (Å²) in [6.07, 6.45) is -3.95. The van der Waals surface area contributed by atoms with Gasteiger partial charge < -0.3 is 4.55 Å². The number of hydrogen-bond donors (Lipinski definition) is 1. The molecule has 0 bridgehead atoms. The van der Waals surface area contributed by atoms with Crippen LogP contribution in [0.3, 0.4) is 0 Å². The first-order valence-electron chi connectivity index (χ1n) is 3.05. The van der Waals surface area contributed by atoms with Gasteiger partial charge in [-0.05, 0) is 12.1 Å². The molecule has 1 aromatic rings. The summed E-state index contributed by atoms with van der Waals surface area (Å²) in [4.78, 5) is 3.17. The molecule has 0 spiro atoms. The number of rotatable bonds is 1. The monoisotopic (exact) mass is 234 g/mol. The van der Waals surface area contributed by atoms with Gasteiger partial charge in [0.2, 0.25) is 11.1 Å². The van der Waals surface area contributed by atoms with E-state index in [9.17, 15) is 17.4 Å². The molecule has 0 aromatic carbocycles. The Morgan fingerprint density at radius 2 is 1.93 bits per heavy atom. The van der Waals surface area contributed by atoms with Crippen LogP contribution < -0.4 is 29.6 Å². The van der Waals surface area contributed by atoms with Gasteiger partial charge in [0.15, 0.2) is 5.03 Å². The molecule has 3 nitrogen and oxygen atoms in total. The van der Waals surface area contributed by atoms with Crippen molar-refractivity contribution >= 4 is 11.1 Å².